The summed E-state index contributed by atoms with van der Waals surface area (Å²) in [5.41, 5.74) is 10.5. The third-order valence-electron chi connectivity index (χ3n) is 8.39. The van der Waals surface area contributed by atoms with Crippen molar-refractivity contribution in [3.63, 3.8) is 0 Å². The Balaban J connectivity index is 1.34. The Morgan fingerprint density at radius 2 is 1.49 bits per heavy atom. The number of rotatable bonds is 14. The van der Waals surface area contributed by atoms with Crippen LogP contribution in [0.2, 0.25) is 5.02 Å². The maximum Gasteiger partial charge on any atom is 0.266 e. The molecule has 7 nitrogen and oxygen atoms in total. The summed E-state index contributed by atoms with van der Waals surface area (Å²) in [6, 6.07) is 41.3. The molecule has 1 heterocycles. The molecule has 0 fully saturated rings. The van der Waals surface area contributed by atoms with Gasteiger partial charge in [0.2, 0.25) is 5.90 Å². The topological polar surface area (TPSA) is 92.2 Å². The molecule has 0 saturated heterocycles. The Morgan fingerprint density at radius 3 is 2.18 bits per heavy atom. The van der Waals surface area contributed by atoms with Gasteiger partial charge in [0.25, 0.3) is 5.91 Å². The predicted molar refractivity (Wildman–Crippen MR) is 198 cm³/mol. The number of aliphatic hydroxyl groups is 1. The number of carbonyl (C=O) groups excluding carboxylic acids is 1. The normalized spacial score (nSPS) is 16.9. The van der Waals surface area contributed by atoms with E-state index in [9.17, 15) is 4.79 Å². The summed E-state index contributed by atoms with van der Waals surface area (Å²) < 4.78 is 13.4. The van der Waals surface area contributed by atoms with E-state index in [1.807, 2.05) is 103 Å². The molecule has 0 bridgehead atoms. The highest BCUT2D eigenvalue weighted by molar-refractivity contribution is 9.10. The maximum absolute atomic E-state index is 14.5. The van der Waals surface area contributed by atoms with Gasteiger partial charge in [0.05, 0.1) is 6.61 Å². The summed E-state index contributed by atoms with van der Waals surface area (Å²) in [7, 11) is 0. The van der Waals surface area contributed by atoms with E-state index < -0.39 is 11.6 Å². The van der Waals surface area contributed by atoms with Crippen molar-refractivity contribution in [3.8, 4) is 16.9 Å². The van der Waals surface area contributed by atoms with Crippen LogP contribution >= 0.6 is 27.5 Å². The van der Waals surface area contributed by atoms with E-state index >= 15 is 0 Å². The zero-order chi connectivity index (χ0) is 34.1. The van der Waals surface area contributed by atoms with Gasteiger partial charge in [-0.15, -0.1) is 0 Å². The van der Waals surface area contributed by atoms with Crippen LogP contribution in [0.5, 0.6) is 5.75 Å². The van der Waals surface area contributed by atoms with Gasteiger partial charge in [0, 0.05) is 41.1 Å². The van der Waals surface area contributed by atoms with Crippen molar-refractivity contribution in [2.24, 2.45) is 4.99 Å². The monoisotopic (exact) mass is 737 g/mol. The molecule has 0 aromatic heterocycles. The molecule has 1 aliphatic heterocycles. The fourth-order valence-electron chi connectivity index (χ4n) is 5.79. The van der Waals surface area contributed by atoms with Gasteiger partial charge in [-0.3, -0.25) is 10.2 Å². The number of hydrogen-bond acceptors (Lipinski definition) is 6. The zero-order valence-corrected chi connectivity index (χ0v) is 29.2. The highest BCUT2D eigenvalue weighted by Crippen LogP contribution is 2.43. The van der Waals surface area contributed by atoms with E-state index in [-0.39, 0.29) is 12.5 Å². The molecule has 2 atom stereocenters. The smallest absolute Gasteiger partial charge is 0.266 e. The van der Waals surface area contributed by atoms with Gasteiger partial charge < -0.3 is 14.6 Å². The minimum absolute atomic E-state index is 0.0644. The number of nitrogens with one attached hydrogen (secondary N) is 2. The first-order chi connectivity index (χ1) is 23.9. The van der Waals surface area contributed by atoms with Crippen LogP contribution in [0.25, 0.3) is 11.1 Å². The molecular formula is C40H37BrClN3O4. The molecule has 0 saturated carbocycles. The number of hydrazine groups is 1. The van der Waals surface area contributed by atoms with Crippen LogP contribution in [0.4, 0.5) is 0 Å². The van der Waals surface area contributed by atoms with Gasteiger partial charge in [-0.05, 0) is 82.8 Å². The lowest BCUT2D eigenvalue weighted by atomic mass is 9.82. The highest BCUT2D eigenvalue weighted by atomic mass is 79.9. The molecule has 5 aromatic carbocycles. The molecule has 9 heteroatoms. The first kappa shape index (κ1) is 34.4. The lowest BCUT2D eigenvalue weighted by molar-refractivity contribution is -0.130. The zero-order valence-electron chi connectivity index (χ0n) is 26.8. The summed E-state index contributed by atoms with van der Waals surface area (Å²) in [5.74, 6) is 0.739. The van der Waals surface area contributed by atoms with Gasteiger partial charge in [-0.2, -0.15) is 0 Å². The largest absolute Gasteiger partial charge is 0.494 e. The van der Waals surface area contributed by atoms with Crippen molar-refractivity contribution >= 4 is 39.3 Å². The SMILES string of the molecule is O=C(NNCCc1ccc(Cl)cc1)[C@@]1(Cc2ccc(Br)cc2)N=C(c2ccc(OCCCO)cc2)O[C@H]1c1ccc(-c2ccccc2)cc1. The Hall–Kier alpha value is -4.47. The molecular weight excluding hydrogens is 702 g/mol. The number of carbonyl (C=O) groups is 1. The third-order valence-corrected chi connectivity index (χ3v) is 9.17. The van der Waals surface area contributed by atoms with Crippen molar-refractivity contribution < 1.29 is 19.4 Å². The minimum Gasteiger partial charge on any atom is -0.494 e. The van der Waals surface area contributed by atoms with Crippen LogP contribution in [0.15, 0.2) is 137 Å². The summed E-state index contributed by atoms with van der Waals surface area (Å²) >= 11 is 9.59. The minimum atomic E-state index is -1.35. The van der Waals surface area contributed by atoms with Gasteiger partial charge >= 0.3 is 0 Å². The number of benzene rings is 5. The fraction of sp³-hybridized carbons (Fsp3) is 0.200. The van der Waals surface area contributed by atoms with Crippen LogP contribution in [0, 0.1) is 0 Å². The number of amides is 1. The molecule has 3 N–H and O–H groups in total. The van der Waals surface area contributed by atoms with Gasteiger partial charge in [-0.1, -0.05) is 106 Å². The number of nitrogens with zero attached hydrogens (tertiary/aromatic N) is 1. The molecule has 1 amide bonds. The van der Waals surface area contributed by atoms with Crippen LogP contribution < -0.4 is 15.6 Å². The van der Waals surface area contributed by atoms with Crippen molar-refractivity contribution in [1.82, 2.24) is 10.9 Å². The summed E-state index contributed by atoms with van der Waals surface area (Å²) in [6.07, 6.45) is 0.805. The Bertz CT molecular complexity index is 1850. The second kappa shape index (κ2) is 16.3. The van der Waals surface area contributed by atoms with E-state index in [1.54, 1.807) is 0 Å². The summed E-state index contributed by atoms with van der Waals surface area (Å²) in [4.78, 5) is 19.7. The van der Waals surface area contributed by atoms with Crippen LogP contribution in [-0.2, 0) is 22.4 Å². The quantitative estimate of drug-likeness (QED) is 0.0797. The second-order valence-electron chi connectivity index (χ2n) is 11.8. The second-order valence-corrected chi connectivity index (χ2v) is 13.2. The molecule has 0 radical (unpaired) electrons. The number of hydrogen-bond donors (Lipinski definition) is 3. The van der Waals surface area contributed by atoms with Gasteiger partial charge in [0.15, 0.2) is 11.6 Å². The lowest BCUT2D eigenvalue weighted by Crippen LogP contribution is -2.54. The summed E-state index contributed by atoms with van der Waals surface area (Å²) in [6.45, 7) is 0.984. The van der Waals surface area contributed by atoms with Crippen LogP contribution in [0.3, 0.4) is 0 Å². The molecule has 5 aromatic rings. The van der Waals surface area contributed by atoms with E-state index in [1.165, 1.54) is 0 Å². The van der Waals surface area contributed by atoms with Crippen LogP contribution in [-0.4, -0.2) is 42.2 Å². The molecule has 6 rings (SSSR count). The molecule has 49 heavy (non-hydrogen) atoms. The number of ether oxygens (including phenoxy) is 2. The maximum atomic E-state index is 14.5. The highest BCUT2D eigenvalue weighted by Gasteiger charge is 2.53. The van der Waals surface area contributed by atoms with Gasteiger partial charge in [0.1, 0.15) is 5.75 Å². The number of aliphatic hydroxyl groups excluding tert-OH is 1. The Kier molecular flexibility index (Phi) is 11.4. The number of halogens is 2. The standard InChI is InChI=1S/C40H37BrClN3O4/c41-34-17-7-29(8-18-34)27-40(39(47)45-43-24-23-28-9-19-35(42)20-10-28)37(32-13-11-31(12-14-32)30-5-2-1-3-6-30)49-38(44-40)33-15-21-36(22-16-33)48-26-4-25-46/h1-3,5-22,37,43,46H,4,23-27H2,(H,45,47)/t37-,40-/m0/s1. The van der Waals surface area contributed by atoms with Crippen molar-refractivity contribution in [2.75, 3.05) is 19.8 Å². The Labute approximate surface area is 300 Å². The molecule has 0 unspecified atom stereocenters. The average Bonchev–Trinajstić information content (AvgIpc) is 3.53. The first-order valence-electron chi connectivity index (χ1n) is 16.2. The molecule has 0 aliphatic carbocycles. The lowest BCUT2D eigenvalue weighted by Gasteiger charge is -2.31. The average molecular weight is 739 g/mol. The van der Waals surface area contributed by atoms with Crippen LogP contribution in [0.1, 0.15) is 34.8 Å². The summed E-state index contributed by atoms with van der Waals surface area (Å²) in [5, 5.41) is 9.79. The molecule has 250 valence electrons. The van der Waals surface area contributed by atoms with Gasteiger partial charge in [-0.25, -0.2) is 10.4 Å². The fourth-order valence-corrected chi connectivity index (χ4v) is 6.18. The Morgan fingerprint density at radius 1 is 0.837 bits per heavy atom. The molecule has 0 spiro atoms. The van der Waals surface area contributed by atoms with E-state index in [0.29, 0.717) is 49.1 Å². The van der Waals surface area contributed by atoms with E-state index in [0.717, 1.165) is 37.9 Å². The van der Waals surface area contributed by atoms with E-state index in [2.05, 4.69) is 51.0 Å². The predicted octanol–water partition coefficient (Wildman–Crippen LogP) is 7.89. The third kappa shape index (κ3) is 8.58. The first-order valence-corrected chi connectivity index (χ1v) is 17.4. The van der Waals surface area contributed by atoms with Crippen molar-refractivity contribution in [1.29, 1.82) is 0 Å². The molecule has 1 aliphatic rings. The van der Waals surface area contributed by atoms with Crippen molar-refractivity contribution in [2.45, 2.75) is 30.9 Å². The number of aliphatic imine (C=N–C) groups is 1. The van der Waals surface area contributed by atoms with E-state index in [4.69, 9.17) is 31.2 Å². The van der Waals surface area contributed by atoms with Crippen molar-refractivity contribution in [3.05, 3.63) is 159 Å².